The topological polar surface area (TPSA) is 59.1 Å². The third-order valence-corrected chi connectivity index (χ3v) is 3.37. The lowest BCUT2D eigenvalue weighted by Gasteiger charge is -2.11. The molecule has 0 radical (unpaired) electrons. The summed E-state index contributed by atoms with van der Waals surface area (Å²) in [5, 5.41) is 6.03. The Morgan fingerprint density at radius 3 is 2.44 bits per heavy atom. The van der Waals surface area contributed by atoms with Gasteiger partial charge in [-0.15, -0.1) is 0 Å². The Morgan fingerprint density at radius 2 is 1.68 bits per heavy atom. The van der Waals surface area contributed by atoms with E-state index in [0.29, 0.717) is 17.2 Å². The third-order valence-electron chi connectivity index (χ3n) is 3.37. The minimum absolute atomic E-state index is 0.274. The molecule has 0 aliphatic carbocycles. The highest BCUT2D eigenvalue weighted by atomic mass is 19.2. The summed E-state index contributed by atoms with van der Waals surface area (Å²) in [5.41, 5.74) is 1.87. The second-order valence-electron chi connectivity index (χ2n) is 5.33. The fourth-order valence-electron chi connectivity index (χ4n) is 2.24. The maximum atomic E-state index is 13.3. The lowest BCUT2D eigenvalue weighted by atomic mass is 10.3. The number of rotatable bonds is 5. The van der Waals surface area contributed by atoms with Crippen LogP contribution in [-0.4, -0.2) is 17.1 Å². The van der Waals surface area contributed by atoms with Gasteiger partial charge in [0.05, 0.1) is 7.11 Å². The van der Waals surface area contributed by atoms with Crippen molar-refractivity contribution in [3.63, 3.8) is 0 Å². The maximum Gasteiger partial charge on any atom is 0.229 e. The van der Waals surface area contributed by atoms with Crippen LogP contribution in [0.5, 0.6) is 5.75 Å². The van der Waals surface area contributed by atoms with Crippen LogP contribution >= 0.6 is 0 Å². The van der Waals surface area contributed by atoms with Crippen LogP contribution in [0.4, 0.5) is 31.9 Å². The molecule has 25 heavy (non-hydrogen) atoms. The molecule has 3 aromatic rings. The molecule has 5 nitrogen and oxygen atoms in total. The van der Waals surface area contributed by atoms with Crippen molar-refractivity contribution in [3.8, 4) is 5.75 Å². The van der Waals surface area contributed by atoms with Crippen molar-refractivity contribution in [3.05, 3.63) is 65.9 Å². The molecule has 0 saturated heterocycles. The quantitative estimate of drug-likeness (QED) is 0.712. The number of aromatic nitrogens is 2. The maximum absolute atomic E-state index is 13.3. The first-order chi connectivity index (χ1) is 12.0. The van der Waals surface area contributed by atoms with Crippen molar-refractivity contribution >= 4 is 23.1 Å². The first-order valence-corrected chi connectivity index (χ1v) is 7.52. The first-order valence-electron chi connectivity index (χ1n) is 7.52. The van der Waals surface area contributed by atoms with E-state index in [1.807, 2.05) is 31.2 Å². The predicted octanol–water partition coefficient (Wildman–Crippen LogP) is 4.56. The summed E-state index contributed by atoms with van der Waals surface area (Å²) in [5.74, 6) is -0.290. The van der Waals surface area contributed by atoms with E-state index >= 15 is 0 Å². The smallest absolute Gasteiger partial charge is 0.229 e. The number of ether oxygens (including phenoxy) is 1. The van der Waals surface area contributed by atoms with Gasteiger partial charge in [-0.25, -0.2) is 13.8 Å². The highest BCUT2D eigenvalue weighted by Crippen LogP contribution is 2.22. The number of hydrogen-bond acceptors (Lipinski definition) is 5. The molecule has 0 amide bonds. The molecule has 0 spiro atoms. The number of aryl methyl sites for hydroxylation is 1. The van der Waals surface area contributed by atoms with Gasteiger partial charge in [0.2, 0.25) is 5.95 Å². The van der Waals surface area contributed by atoms with Gasteiger partial charge in [0.1, 0.15) is 11.6 Å². The van der Waals surface area contributed by atoms with Crippen LogP contribution in [0.25, 0.3) is 0 Å². The SMILES string of the molecule is COc1cccc(Nc2cc(C)nc(Nc3ccc(F)c(F)c3)n2)c1. The van der Waals surface area contributed by atoms with Gasteiger partial charge in [0.25, 0.3) is 0 Å². The molecule has 0 unspecified atom stereocenters. The molecule has 0 aliphatic heterocycles. The van der Waals surface area contributed by atoms with E-state index < -0.39 is 11.6 Å². The summed E-state index contributed by atoms with van der Waals surface area (Å²) in [6.45, 7) is 1.81. The first kappa shape index (κ1) is 16.6. The standard InChI is InChI=1S/C18H16F2N4O/c1-11-8-17(22-12-4-3-5-14(9-12)25-2)24-18(21-11)23-13-6-7-15(19)16(20)10-13/h3-10H,1-2H3,(H2,21,22,23,24). The number of methoxy groups -OCH3 is 1. The summed E-state index contributed by atoms with van der Waals surface area (Å²) in [6, 6.07) is 12.7. The molecule has 2 aromatic carbocycles. The zero-order chi connectivity index (χ0) is 17.8. The Hall–Kier alpha value is -3.22. The summed E-state index contributed by atoms with van der Waals surface area (Å²) >= 11 is 0. The Labute approximate surface area is 143 Å². The second kappa shape index (κ2) is 7.12. The molecule has 1 aromatic heterocycles. The molecule has 3 rings (SSSR count). The molecule has 0 saturated carbocycles. The molecule has 0 atom stereocenters. The molecule has 128 valence electrons. The fraction of sp³-hybridized carbons (Fsp3) is 0.111. The normalized spacial score (nSPS) is 10.4. The molecular weight excluding hydrogens is 326 g/mol. The Kier molecular flexibility index (Phi) is 4.74. The van der Waals surface area contributed by atoms with Gasteiger partial charge in [-0.05, 0) is 31.2 Å². The van der Waals surface area contributed by atoms with Crippen LogP contribution in [0.15, 0.2) is 48.5 Å². The highest BCUT2D eigenvalue weighted by molar-refractivity contribution is 5.61. The van der Waals surface area contributed by atoms with Gasteiger partial charge in [0, 0.05) is 35.3 Å². The second-order valence-corrected chi connectivity index (χ2v) is 5.33. The largest absolute Gasteiger partial charge is 0.497 e. The summed E-state index contributed by atoms with van der Waals surface area (Å²) in [7, 11) is 1.60. The van der Waals surface area contributed by atoms with Crippen LogP contribution in [0.2, 0.25) is 0 Å². The van der Waals surface area contributed by atoms with E-state index in [1.165, 1.54) is 6.07 Å². The molecule has 2 N–H and O–H groups in total. The van der Waals surface area contributed by atoms with Crippen molar-refractivity contribution in [2.75, 3.05) is 17.7 Å². The van der Waals surface area contributed by atoms with E-state index in [-0.39, 0.29) is 5.95 Å². The van der Waals surface area contributed by atoms with Crippen molar-refractivity contribution in [1.29, 1.82) is 0 Å². The molecule has 7 heteroatoms. The third kappa shape index (κ3) is 4.20. The van der Waals surface area contributed by atoms with Gasteiger partial charge < -0.3 is 15.4 Å². The average Bonchev–Trinajstić information content (AvgIpc) is 2.58. The number of nitrogens with zero attached hydrogens (tertiary/aromatic N) is 2. The molecule has 0 bridgehead atoms. The monoisotopic (exact) mass is 342 g/mol. The van der Waals surface area contributed by atoms with E-state index in [1.54, 1.807) is 13.2 Å². The summed E-state index contributed by atoms with van der Waals surface area (Å²) < 4.78 is 31.5. The minimum Gasteiger partial charge on any atom is -0.497 e. The van der Waals surface area contributed by atoms with E-state index in [0.717, 1.165) is 23.6 Å². The lowest BCUT2D eigenvalue weighted by molar-refractivity contribution is 0.415. The summed E-state index contributed by atoms with van der Waals surface area (Å²) in [4.78, 5) is 8.59. The Balaban J connectivity index is 1.83. The minimum atomic E-state index is -0.938. The number of nitrogens with one attached hydrogen (secondary N) is 2. The number of anilines is 4. The van der Waals surface area contributed by atoms with Crippen molar-refractivity contribution in [1.82, 2.24) is 9.97 Å². The van der Waals surface area contributed by atoms with E-state index in [4.69, 9.17) is 4.74 Å². The fourth-order valence-corrected chi connectivity index (χ4v) is 2.24. The van der Waals surface area contributed by atoms with Gasteiger partial charge >= 0.3 is 0 Å². The molecule has 1 heterocycles. The van der Waals surface area contributed by atoms with E-state index in [9.17, 15) is 8.78 Å². The van der Waals surface area contributed by atoms with Gasteiger partial charge in [-0.2, -0.15) is 4.98 Å². The predicted molar refractivity (Wildman–Crippen MR) is 92.7 cm³/mol. The number of halogens is 2. The highest BCUT2D eigenvalue weighted by Gasteiger charge is 2.07. The summed E-state index contributed by atoms with van der Waals surface area (Å²) in [6.07, 6.45) is 0. The zero-order valence-electron chi connectivity index (χ0n) is 13.7. The average molecular weight is 342 g/mol. The number of benzene rings is 2. The van der Waals surface area contributed by atoms with Gasteiger partial charge in [0.15, 0.2) is 11.6 Å². The van der Waals surface area contributed by atoms with Crippen molar-refractivity contribution in [2.45, 2.75) is 6.92 Å². The van der Waals surface area contributed by atoms with Crippen molar-refractivity contribution in [2.24, 2.45) is 0 Å². The lowest BCUT2D eigenvalue weighted by Crippen LogP contribution is -2.03. The van der Waals surface area contributed by atoms with Gasteiger partial charge in [-0.1, -0.05) is 6.07 Å². The van der Waals surface area contributed by atoms with Crippen LogP contribution in [0, 0.1) is 18.6 Å². The van der Waals surface area contributed by atoms with Crippen LogP contribution in [0.1, 0.15) is 5.69 Å². The Morgan fingerprint density at radius 1 is 0.880 bits per heavy atom. The zero-order valence-corrected chi connectivity index (χ0v) is 13.7. The molecular formula is C18H16F2N4O. The Bertz CT molecular complexity index is 902. The van der Waals surface area contributed by atoms with Crippen molar-refractivity contribution < 1.29 is 13.5 Å². The van der Waals surface area contributed by atoms with Crippen LogP contribution in [0.3, 0.4) is 0 Å². The van der Waals surface area contributed by atoms with E-state index in [2.05, 4.69) is 20.6 Å². The molecule has 0 fully saturated rings. The molecule has 0 aliphatic rings. The van der Waals surface area contributed by atoms with Crippen LogP contribution in [-0.2, 0) is 0 Å². The van der Waals surface area contributed by atoms with Gasteiger partial charge in [-0.3, -0.25) is 0 Å². The number of hydrogen-bond donors (Lipinski definition) is 2. The van der Waals surface area contributed by atoms with Crippen LogP contribution < -0.4 is 15.4 Å².